The topological polar surface area (TPSA) is 70.4 Å². The third kappa shape index (κ3) is 3.55. The summed E-state index contributed by atoms with van der Waals surface area (Å²) in [5.74, 6) is 3.69. The van der Waals surface area contributed by atoms with Gasteiger partial charge in [-0.15, -0.1) is 0 Å². The Morgan fingerprint density at radius 3 is 2.44 bits per heavy atom. The zero-order valence-electron chi connectivity index (χ0n) is 15.8. The Kier molecular flexibility index (Phi) is 4.98. The number of carbonyl (C=O) groups excluding carboxylic acids is 1. The zero-order valence-corrected chi connectivity index (χ0v) is 15.8. The number of hydrogen-bond acceptors (Lipinski definition) is 3. The first-order valence-corrected chi connectivity index (χ1v) is 10.6. The summed E-state index contributed by atoms with van der Waals surface area (Å²) in [6, 6.07) is -0.0208. The Labute approximate surface area is 152 Å². The molecule has 142 valence electrons. The van der Waals surface area contributed by atoms with Gasteiger partial charge in [-0.2, -0.15) is 0 Å². The zero-order chi connectivity index (χ0) is 17.4. The standard InChI is InChI=1S/C20H36N4O/c1-2-4-24-5-3-14(12-24)11-22-19(25)23-13-20(21)17-7-15-6-16(9-17)10-18(20)8-15/h14-18H,2-13,21H2,1H3,(H2,22,23,25). The van der Waals surface area contributed by atoms with Crippen LogP contribution in [0.4, 0.5) is 4.79 Å². The van der Waals surface area contributed by atoms with E-state index in [0.717, 1.165) is 24.9 Å². The van der Waals surface area contributed by atoms with Gasteiger partial charge in [-0.25, -0.2) is 4.79 Å². The minimum atomic E-state index is -0.157. The Morgan fingerprint density at radius 1 is 1.12 bits per heavy atom. The highest BCUT2D eigenvalue weighted by Crippen LogP contribution is 2.57. The number of hydrogen-bond donors (Lipinski definition) is 3. The molecule has 25 heavy (non-hydrogen) atoms. The average molecular weight is 349 g/mol. The largest absolute Gasteiger partial charge is 0.338 e. The van der Waals surface area contributed by atoms with Crippen LogP contribution in [0.15, 0.2) is 0 Å². The van der Waals surface area contributed by atoms with Gasteiger partial charge < -0.3 is 21.3 Å². The van der Waals surface area contributed by atoms with E-state index in [2.05, 4.69) is 22.5 Å². The van der Waals surface area contributed by atoms with Crippen LogP contribution in [0, 0.1) is 29.6 Å². The fraction of sp³-hybridized carbons (Fsp3) is 0.950. The van der Waals surface area contributed by atoms with Gasteiger partial charge >= 0.3 is 6.03 Å². The molecule has 0 aromatic carbocycles. The monoisotopic (exact) mass is 348 g/mol. The van der Waals surface area contributed by atoms with E-state index in [4.69, 9.17) is 5.73 Å². The second-order valence-corrected chi connectivity index (χ2v) is 9.44. The van der Waals surface area contributed by atoms with Crippen LogP contribution >= 0.6 is 0 Å². The predicted molar refractivity (Wildman–Crippen MR) is 100 cm³/mol. The number of nitrogens with zero attached hydrogens (tertiary/aromatic N) is 1. The average Bonchev–Trinajstić information content (AvgIpc) is 3.03. The molecule has 4 saturated carbocycles. The Bertz CT molecular complexity index is 466. The molecule has 0 radical (unpaired) electrons. The molecule has 1 aliphatic heterocycles. The molecule has 1 atom stereocenters. The van der Waals surface area contributed by atoms with Gasteiger partial charge in [0, 0.05) is 25.2 Å². The lowest BCUT2D eigenvalue weighted by molar-refractivity contribution is -0.0529. The first kappa shape index (κ1) is 17.6. The van der Waals surface area contributed by atoms with Crippen molar-refractivity contribution in [1.82, 2.24) is 15.5 Å². The molecule has 0 spiro atoms. The molecule has 5 aliphatic rings. The molecule has 2 amide bonds. The third-order valence-electron chi connectivity index (χ3n) is 7.67. The maximum absolute atomic E-state index is 12.3. The third-order valence-corrected chi connectivity index (χ3v) is 7.67. The normalized spacial score (nSPS) is 42.7. The van der Waals surface area contributed by atoms with Crippen LogP contribution in [-0.4, -0.2) is 49.2 Å². The highest BCUT2D eigenvalue weighted by molar-refractivity contribution is 5.73. The van der Waals surface area contributed by atoms with E-state index in [9.17, 15) is 4.79 Å². The number of carbonyl (C=O) groups is 1. The number of urea groups is 1. The van der Waals surface area contributed by atoms with Crippen molar-refractivity contribution >= 4 is 6.03 Å². The second kappa shape index (κ2) is 7.07. The van der Waals surface area contributed by atoms with Gasteiger partial charge in [-0.3, -0.25) is 0 Å². The molecular weight excluding hydrogens is 312 g/mol. The fourth-order valence-electron chi connectivity index (χ4n) is 6.48. The Morgan fingerprint density at radius 2 is 1.80 bits per heavy atom. The summed E-state index contributed by atoms with van der Waals surface area (Å²) in [7, 11) is 0. The molecular formula is C20H36N4O. The number of likely N-dealkylation sites (tertiary alicyclic amines) is 1. The number of amides is 2. The molecule has 5 fully saturated rings. The fourth-order valence-corrected chi connectivity index (χ4v) is 6.48. The van der Waals surface area contributed by atoms with Crippen LogP contribution in [-0.2, 0) is 0 Å². The van der Waals surface area contributed by atoms with Crippen LogP contribution in [0.25, 0.3) is 0 Å². The van der Waals surface area contributed by atoms with Crippen LogP contribution in [0.5, 0.6) is 0 Å². The van der Waals surface area contributed by atoms with E-state index >= 15 is 0 Å². The SMILES string of the molecule is CCCN1CCC(CNC(=O)NCC2(N)C3CC4CC(C3)CC2C4)C1. The van der Waals surface area contributed by atoms with E-state index in [1.807, 2.05) is 0 Å². The molecule has 1 heterocycles. The van der Waals surface area contributed by atoms with Gasteiger partial charge in [-0.05, 0) is 87.6 Å². The van der Waals surface area contributed by atoms with Gasteiger partial charge in [0.25, 0.3) is 0 Å². The van der Waals surface area contributed by atoms with Gasteiger partial charge in [0.05, 0.1) is 0 Å². The van der Waals surface area contributed by atoms with Crippen LogP contribution in [0.1, 0.15) is 51.9 Å². The first-order valence-electron chi connectivity index (χ1n) is 10.6. The molecule has 1 saturated heterocycles. The summed E-state index contributed by atoms with van der Waals surface area (Å²) in [6.45, 7) is 7.16. The minimum absolute atomic E-state index is 0.0208. The summed E-state index contributed by atoms with van der Waals surface area (Å²) in [4.78, 5) is 14.8. The van der Waals surface area contributed by atoms with E-state index in [1.165, 1.54) is 58.0 Å². The summed E-state index contributed by atoms with van der Waals surface area (Å²) in [6.07, 6.45) is 9.03. The van der Waals surface area contributed by atoms with Gasteiger partial charge in [0.15, 0.2) is 0 Å². The predicted octanol–water partition coefficient (Wildman–Crippen LogP) is 2.17. The Hall–Kier alpha value is -0.810. The van der Waals surface area contributed by atoms with Crippen molar-refractivity contribution in [3.63, 3.8) is 0 Å². The lowest BCUT2D eigenvalue weighted by Crippen LogP contribution is -2.67. The van der Waals surface area contributed by atoms with Gasteiger partial charge in [0.2, 0.25) is 0 Å². The quantitative estimate of drug-likeness (QED) is 0.689. The molecule has 5 heteroatoms. The van der Waals surface area contributed by atoms with Crippen molar-refractivity contribution in [1.29, 1.82) is 0 Å². The lowest BCUT2D eigenvalue weighted by Gasteiger charge is -2.59. The van der Waals surface area contributed by atoms with Crippen LogP contribution in [0.3, 0.4) is 0 Å². The number of rotatable bonds is 6. The van der Waals surface area contributed by atoms with Gasteiger partial charge in [-0.1, -0.05) is 6.92 Å². The van der Waals surface area contributed by atoms with E-state index < -0.39 is 0 Å². The molecule has 4 aliphatic carbocycles. The van der Waals surface area contributed by atoms with Gasteiger partial charge in [0.1, 0.15) is 0 Å². The van der Waals surface area contributed by atoms with Crippen molar-refractivity contribution in [2.45, 2.75) is 57.4 Å². The van der Waals surface area contributed by atoms with Crippen molar-refractivity contribution in [3.8, 4) is 0 Å². The molecule has 4 bridgehead atoms. The Balaban J connectivity index is 1.21. The number of nitrogens with one attached hydrogen (secondary N) is 2. The first-order chi connectivity index (χ1) is 12.1. The molecule has 0 aromatic heterocycles. The van der Waals surface area contributed by atoms with Crippen molar-refractivity contribution < 1.29 is 4.79 Å². The highest BCUT2D eigenvalue weighted by Gasteiger charge is 2.55. The van der Waals surface area contributed by atoms with E-state index in [1.54, 1.807) is 0 Å². The van der Waals surface area contributed by atoms with Crippen LogP contribution < -0.4 is 16.4 Å². The van der Waals surface area contributed by atoms with E-state index in [-0.39, 0.29) is 11.6 Å². The summed E-state index contributed by atoms with van der Waals surface area (Å²) in [5, 5.41) is 6.22. The lowest BCUT2D eigenvalue weighted by atomic mass is 9.49. The highest BCUT2D eigenvalue weighted by atomic mass is 16.2. The summed E-state index contributed by atoms with van der Waals surface area (Å²) >= 11 is 0. The van der Waals surface area contributed by atoms with Crippen molar-refractivity contribution in [2.75, 3.05) is 32.7 Å². The smallest absolute Gasteiger partial charge is 0.314 e. The molecule has 5 nitrogen and oxygen atoms in total. The van der Waals surface area contributed by atoms with Crippen molar-refractivity contribution in [3.05, 3.63) is 0 Å². The second-order valence-electron chi connectivity index (χ2n) is 9.44. The maximum Gasteiger partial charge on any atom is 0.314 e. The van der Waals surface area contributed by atoms with Crippen LogP contribution in [0.2, 0.25) is 0 Å². The maximum atomic E-state index is 12.3. The minimum Gasteiger partial charge on any atom is -0.338 e. The molecule has 4 N–H and O–H groups in total. The molecule has 5 rings (SSSR count). The van der Waals surface area contributed by atoms with Crippen molar-refractivity contribution in [2.24, 2.45) is 35.3 Å². The van der Waals surface area contributed by atoms with E-state index in [0.29, 0.717) is 24.3 Å². The number of nitrogens with two attached hydrogens (primary N) is 1. The molecule has 1 unspecified atom stereocenters. The molecule has 0 aromatic rings. The summed E-state index contributed by atoms with van der Waals surface area (Å²) in [5.41, 5.74) is 6.70. The summed E-state index contributed by atoms with van der Waals surface area (Å²) < 4.78 is 0.